The van der Waals surface area contributed by atoms with Gasteiger partial charge in [0.2, 0.25) is 0 Å². The molecule has 0 aliphatic heterocycles. The second-order valence-corrected chi connectivity index (χ2v) is 3.36. The van der Waals surface area contributed by atoms with Crippen LogP contribution in [0.1, 0.15) is 18.9 Å². The van der Waals surface area contributed by atoms with E-state index in [9.17, 15) is 10.1 Å². The van der Waals surface area contributed by atoms with Crippen molar-refractivity contribution in [3.8, 4) is 11.8 Å². The number of rotatable bonds is 4. The number of nitrogens with zero attached hydrogens (tertiary/aromatic N) is 1. The normalized spacial score (nSPS) is 9.12. The van der Waals surface area contributed by atoms with Gasteiger partial charge in [-0.25, -0.2) is 0 Å². The maximum Gasteiger partial charge on any atom is 0.274 e. The zero-order valence-corrected chi connectivity index (χ0v) is 9.41. The van der Waals surface area contributed by atoms with Crippen molar-refractivity contribution in [3.05, 3.63) is 33.9 Å². The van der Waals surface area contributed by atoms with Crippen molar-refractivity contribution in [3.63, 3.8) is 0 Å². The average Bonchev–Trinajstić information content (AvgIpc) is 2.26. The molecule has 0 aromatic heterocycles. The van der Waals surface area contributed by atoms with Gasteiger partial charge in [0.1, 0.15) is 0 Å². The van der Waals surface area contributed by atoms with Crippen LogP contribution >= 0.6 is 0 Å². The minimum Gasteiger partial charge on any atom is -0.384 e. The number of nitrogens with one attached hydrogen (secondary N) is 1. The lowest BCUT2D eigenvalue weighted by Crippen LogP contribution is -2.01. The van der Waals surface area contributed by atoms with Gasteiger partial charge >= 0.3 is 0 Å². The summed E-state index contributed by atoms with van der Waals surface area (Å²) >= 11 is 0. The van der Waals surface area contributed by atoms with Crippen LogP contribution in [0.15, 0.2) is 18.2 Å². The van der Waals surface area contributed by atoms with Gasteiger partial charge in [0.05, 0.1) is 4.92 Å². The summed E-state index contributed by atoms with van der Waals surface area (Å²) in [4.78, 5) is 10.3. The Labute approximate surface area is 94.8 Å². The topological polar surface area (TPSA) is 55.2 Å². The molecular weight excluding hydrogens is 204 g/mol. The molecule has 0 saturated heterocycles. The Kier molecular flexibility index (Phi) is 4.34. The fourth-order valence-corrected chi connectivity index (χ4v) is 1.31. The predicted molar refractivity (Wildman–Crippen MR) is 64.4 cm³/mol. The highest BCUT2D eigenvalue weighted by Gasteiger charge is 2.10. The summed E-state index contributed by atoms with van der Waals surface area (Å²) in [5, 5.41) is 13.8. The zero-order chi connectivity index (χ0) is 12.0. The molecule has 0 radical (unpaired) electrons. The third kappa shape index (κ3) is 3.28. The second-order valence-electron chi connectivity index (χ2n) is 3.36. The van der Waals surface area contributed by atoms with Gasteiger partial charge in [0.15, 0.2) is 0 Å². The van der Waals surface area contributed by atoms with E-state index < -0.39 is 0 Å². The first-order valence-electron chi connectivity index (χ1n) is 5.03. The smallest absolute Gasteiger partial charge is 0.274 e. The van der Waals surface area contributed by atoms with Crippen LogP contribution in [-0.4, -0.2) is 11.5 Å². The first-order valence-corrected chi connectivity index (χ1v) is 5.03. The maximum atomic E-state index is 10.7. The van der Waals surface area contributed by atoms with Crippen molar-refractivity contribution in [1.82, 2.24) is 0 Å². The molecular formula is C12H14N2O2. The van der Waals surface area contributed by atoms with E-state index in [1.165, 1.54) is 0 Å². The highest BCUT2D eigenvalue weighted by molar-refractivity contribution is 5.54. The molecule has 4 nitrogen and oxygen atoms in total. The first kappa shape index (κ1) is 12.1. The molecule has 1 aromatic rings. The molecule has 0 aliphatic rings. The molecule has 0 heterocycles. The summed E-state index contributed by atoms with van der Waals surface area (Å²) < 4.78 is 0. The van der Waals surface area contributed by atoms with Gasteiger partial charge in [-0.2, -0.15) is 0 Å². The molecule has 0 saturated carbocycles. The monoisotopic (exact) mass is 218 g/mol. The first-order chi connectivity index (χ1) is 7.65. The van der Waals surface area contributed by atoms with E-state index >= 15 is 0 Å². The number of benzene rings is 1. The Balaban J connectivity index is 2.70. The Morgan fingerprint density at radius 1 is 1.50 bits per heavy atom. The minimum absolute atomic E-state index is 0.145. The van der Waals surface area contributed by atoms with Crippen molar-refractivity contribution >= 4 is 11.4 Å². The SMILES string of the molecule is CC#CCCNc1ccc(C)c([N+](=O)[O-])c1. The standard InChI is InChI=1S/C12H14N2O2/c1-3-4-5-8-13-11-7-6-10(2)12(9-11)14(15)16/h6-7,9,13H,5,8H2,1-2H3. The number of nitro groups is 1. The largest absolute Gasteiger partial charge is 0.384 e. The van der Waals surface area contributed by atoms with Crippen LogP contribution in [0.4, 0.5) is 11.4 Å². The number of anilines is 1. The highest BCUT2D eigenvalue weighted by atomic mass is 16.6. The molecule has 1 N–H and O–H groups in total. The van der Waals surface area contributed by atoms with Gasteiger partial charge in [-0.15, -0.1) is 11.8 Å². The summed E-state index contributed by atoms with van der Waals surface area (Å²) in [7, 11) is 0. The summed E-state index contributed by atoms with van der Waals surface area (Å²) in [5.74, 6) is 5.72. The lowest BCUT2D eigenvalue weighted by molar-refractivity contribution is -0.385. The summed E-state index contributed by atoms with van der Waals surface area (Å²) in [6.07, 6.45) is 0.734. The average molecular weight is 218 g/mol. The van der Waals surface area contributed by atoms with Gasteiger partial charge in [0.25, 0.3) is 5.69 Å². The quantitative estimate of drug-likeness (QED) is 0.366. The Hall–Kier alpha value is -2.02. The van der Waals surface area contributed by atoms with Crippen molar-refractivity contribution in [2.45, 2.75) is 20.3 Å². The Bertz CT molecular complexity index is 444. The molecule has 0 aliphatic carbocycles. The van der Waals surface area contributed by atoms with E-state index in [4.69, 9.17) is 0 Å². The van der Waals surface area contributed by atoms with Crippen LogP contribution in [0, 0.1) is 28.9 Å². The third-order valence-corrected chi connectivity index (χ3v) is 2.16. The number of hydrogen-bond acceptors (Lipinski definition) is 3. The zero-order valence-electron chi connectivity index (χ0n) is 9.41. The third-order valence-electron chi connectivity index (χ3n) is 2.16. The number of aryl methyl sites for hydroxylation is 1. The lowest BCUT2D eigenvalue weighted by Gasteiger charge is -2.04. The summed E-state index contributed by atoms with van der Waals surface area (Å²) in [5.41, 5.74) is 1.57. The van der Waals surface area contributed by atoms with Crippen molar-refractivity contribution < 1.29 is 4.92 Å². The van der Waals surface area contributed by atoms with Crippen molar-refractivity contribution in [1.29, 1.82) is 0 Å². The van der Waals surface area contributed by atoms with Gasteiger partial charge in [0, 0.05) is 30.3 Å². The van der Waals surface area contributed by atoms with Gasteiger partial charge in [-0.05, 0) is 19.9 Å². The molecule has 1 rings (SSSR count). The highest BCUT2D eigenvalue weighted by Crippen LogP contribution is 2.21. The lowest BCUT2D eigenvalue weighted by atomic mass is 10.2. The van der Waals surface area contributed by atoms with Gasteiger partial charge in [-0.3, -0.25) is 10.1 Å². The van der Waals surface area contributed by atoms with Crippen LogP contribution < -0.4 is 5.32 Å². The van der Waals surface area contributed by atoms with Crippen molar-refractivity contribution in [2.24, 2.45) is 0 Å². The molecule has 84 valence electrons. The fourth-order valence-electron chi connectivity index (χ4n) is 1.31. The molecule has 0 spiro atoms. The van der Waals surface area contributed by atoms with Crippen LogP contribution in [0.5, 0.6) is 0 Å². The van der Waals surface area contributed by atoms with Gasteiger partial charge in [-0.1, -0.05) is 6.07 Å². The number of nitro benzene ring substituents is 1. The van der Waals surface area contributed by atoms with E-state index in [-0.39, 0.29) is 10.6 Å². The Morgan fingerprint density at radius 2 is 2.25 bits per heavy atom. The minimum atomic E-state index is -0.369. The van der Waals surface area contributed by atoms with E-state index in [0.717, 1.165) is 12.1 Å². The van der Waals surface area contributed by atoms with E-state index in [2.05, 4.69) is 17.2 Å². The summed E-state index contributed by atoms with van der Waals surface area (Å²) in [6.45, 7) is 4.21. The summed E-state index contributed by atoms with van der Waals surface area (Å²) in [6, 6.07) is 5.13. The second kappa shape index (κ2) is 5.76. The van der Waals surface area contributed by atoms with Crippen molar-refractivity contribution in [2.75, 3.05) is 11.9 Å². The van der Waals surface area contributed by atoms with Crippen LogP contribution in [0.3, 0.4) is 0 Å². The molecule has 0 bridgehead atoms. The molecule has 0 fully saturated rings. The van der Waals surface area contributed by atoms with E-state index in [1.54, 1.807) is 26.0 Å². The van der Waals surface area contributed by atoms with E-state index in [1.807, 2.05) is 6.07 Å². The van der Waals surface area contributed by atoms with Crippen LogP contribution in [0.25, 0.3) is 0 Å². The molecule has 0 unspecified atom stereocenters. The molecule has 0 amide bonds. The molecule has 1 aromatic carbocycles. The number of hydrogen-bond donors (Lipinski definition) is 1. The molecule has 4 heteroatoms. The van der Waals surface area contributed by atoms with Crippen LogP contribution in [0.2, 0.25) is 0 Å². The fraction of sp³-hybridized carbons (Fsp3) is 0.333. The molecule has 16 heavy (non-hydrogen) atoms. The maximum absolute atomic E-state index is 10.7. The van der Waals surface area contributed by atoms with Gasteiger partial charge < -0.3 is 5.32 Å². The molecule has 0 atom stereocenters. The Morgan fingerprint density at radius 3 is 2.88 bits per heavy atom. The van der Waals surface area contributed by atoms with Crippen LogP contribution in [-0.2, 0) is 0 Å². The van der Waals surface area contributed by atoms with E-state index in [0.29, 0.717) is 12.1 Å². The predicted octanol–water partition coefficient (Wildman–Crippen LogP) is 2.73.